The second kappa shape index (κ2) is 10.2. The third-order valence-electron chi connectivity index (χ3n) is 6.50. The number of phenols is 1. The van der Waals surface area contributed by atoms with E-state index in [9.17, 15) is 19.8 Å². The van der Waals surface area contributed by atoms with E-state index in [4.69, 9.17) is 4.74 Å². The van der Waals surface area contributed by atoms with Crippen LogP contribution in [0.3, 0.4) is 0 Å². The first-order valence-electron chi connectivity index (χ1n) is 11.9. The highest BCUT2D eigenvalue weighted by molar-refractivity contribution is 6.51. The van der Waals surface area contributed by atoms with Gasteiger partial charge in [0.25, 0.3) is 11.7 Å². The number of benzene rings is 3. The second-order valence-electron chi connectivity index (χ2n) is 8.66. The molecule has 1 fully saturated rings. The van der Waals surface area contributed by atoms with Gasteiger partial charge in [-0.3, -0.25) is 14.5 Å². The fourth-order valence-electron chi connectivity index (χ4n) is 4.67. The van der Waals surface area contributed by atoms with Gasteiger partial charge in [0.1, 0.15) is 17.3 Å². The minimum Gasteiger partial charge on any atom is -0.508 e. The maximum Gasteiger partial charge on any atom is 0.300 e. The molecule has 36 heavy (non-hydrogen) atoms. The second-order valence-corrected chi connectivity index (χ2v) is 8.66. The summed E-state index contributed by atoms with van der Waals surface area (Å²) in [4.78, 5) is 30.4. The summed E-state index contributed by atoms with van der Waals surface area (Å²) in [6, 6.07) is 18.1. The van der Waals surface area contributed by atoms with Gasteiger partial charge in [-0.2, -0.15) is 0 Å². The topological polar surface area (TPSA) is 90.3 Å². The third kappa shape index (κ3) is 4.40. The molecule has 0 spiro atoms. The van der Waals surface area contributed by atoms with Gasteiger partial charge in [-0.1, -0.05) is 23.8 Å². The number of nitrogens with zero attached hydrogens (tertiary/aromatic N) is 2. The van der Waals surface area contributed by atoms with Crippen molar-refractivity contribution in [2.45, 2.75) is 26.8 Å². The lowest BCUT2D eigenvalue weighted by Gasteiger charge is -2.27. The van der Waals surface area contributed by atoms with Crippen molar-refractivity contribution in [1.82, 2.24) is 0 Å². The van der Waals surface area contributed by atoms with Gasteiger partial charge in [0.2, 0.25) is 0 Å². The molecule has 1 unspecified atom stereocenters. The van der Waals surface area contributed by atoms with E-state index in [0.29, 0.717) is 22.6 Å². The molecule has 186 valence electrons. The van der Waals surface area contributed by atoms with Crippen LogP contribution in [0.5, 0.6) is 11.5 Å². The highest BCUT2D eigenvalue weighted by Crippen LogP contribution is 2.44. The highest BCUT2D eigenvalue weighted by atomic mass is 16.5. The summed E-state index contributed by atoms with van der Waals surface area (Å²) in [7, 11) is 1.48. The number of amides is 1. The Kier molecular flexibility index (Phi) is 7.01. The number of aliphatic hydroxyl groups excluding tert-OH is 1. The molecule has 1 heterocycles. The van der Waals surface area contributed by atoms with E-state index < -0.39 is 17.7 Å². The molecule has 1 atom stereocenters. The first kappa shape index (κ1) is 24.9. The number of Topliss-reactive ketones (excluding diaryl/α,β-unsaturated/α-hetero) is 1. The van der Waals surface area contributed by atoms with E-state index in [1.807, 2.05) is 25.1 Å². The first-order valence-corrected chi connectivity index (χ1v) is 11.9. The van der Waals surface area contributed by atoms with Gasteiger partial charge in [-0.25, -0.2) is 0 Å². The largest absolute Gasteiger partial charge is 0.508 e. The Morgan fingerprint density at radius 1 is 1.00 bits per heavy atom. The zero-order chi connectivity index (χ0) is 26.0. The summed E-state index contributed by atoms with van der Waals surface area (Å²) >= 11 is 0. The summed E-state index contributed by atoms with van der Waals surface area (Å²) in [5.74, 6) is -1.53. The Bertz CT molecular complexity index is 1330. The quantitative estimate of drug-likeness (QED) is 0.272. The summed E-state index contributed by atoms with van der Waals surface area (Å²) in [6.07, 6.45) is 0. The molecule has 4 rings (SSSR count). The zero-order valence-electron chi connectivity index (χ0n) is 20.9. The summed E-state index contributed by atoms with van der Waals surface area (Å²) in [6.45, 7) is 7.66. The molecule has 0 saturated carbocycles. The Morgan fingerprint density at radius 2 is 1.69 bits per heavy atom. The number of hydrogen-bond donors (Lipinski definition) is 2. The van der Waals surface area contributed by atoms with Gasteiger partial charge in [-0.05, 0) is 74.9 Å². The number of aryl methyl sites for hydroxylation is 1. The van der Waals surface area contributed by atoms with Crippen LogP contribution in [0.1, 0.15) is 36.6 Å². The van der Waals surface area contributed by atoms with E-state index in [-0.39, 0.29) is 17.1 Å². The smallest absolute Gasteiger partial charge is 0.300 e. The molecule has 1 saturated heterocycles. The van der Waals surface area contributed by atoms with Crippen LogP contribution in [0.4, 0.5) is 11.4 Å². The number of rotatable bonds is 7. The molecular weight excluding hydrogens is 456 g/mol. The van der Waals surface area contributed by atoms with Crippen LogP contribution in [-0.2, 0) is 9.59 Å². The standard InChI is InChI=1S/C29H30N2O5/c1-5-30(6-2)20-11-13-21(14-12-20)31-26(19-8-7-9-22(32)17-19)25(28(34)29(31)35)27(33)23-16-18(3)10-15-24(23)36-4/h7-17,26,32-33H,5-6H2,1-4H3/b27-25+. The lowest BCUT2D eigenvalue weighted by Crippen LogP contribution is -2.29. The molecule has 2 N–H and O–H groups in total. The minimum atomic E-state index is -0.943. The predicted octanol–water partition coefficient (Wildman–Crippen LogP) is 5.18. The van der Waals surface area contributed by atoms with Crippen molar-refractivity contribution in [2.75, 3.05) is 30.0 Å². The molecule has 7 heteroatoms. The van der Waals surface area contributed by atoms with Crippen molar-refractivity contribution in [2.24, 2.45) is 0 Å². The van der Waals surface area contributed by atoms with E-state index >= 15 is 0 Å². The molecule has 3 aromatic rings. The average molecular weight is 487 g/mol. The zero-order valence-corrected chi connectivity index (χ0v) is 20.9. The summed E-state index contributed by atoms with van der Waals surface area (Å²) < 4.78 is 5.42. The molecule has 3 aromatic carbocycles. The molecule has 7 nitrogen and oxygen atoms in total. The maximum absolute atomic E-state index is 13.4. The van der Waals surface area contributed by atoms with Crippen molar-refractivity contribution >= 4 is 28.8 Å². The molecule has 1 aliphatic rings. The maximum atomic E-state index is 13.4. The Hall–Kier alpha value is -4.26. The van der Waals surface area contributed by atoms with E-state index in [1.54, 1.807) is 36.4 Å². The molecule has 1 aliphatic heterocycles. The third-order valence-corrected chi connectivity index (χ3v) is 6.50. The Labute approximate surface area is 210 Å². The van der Waals surface area contributed by atoms with Gasteiger partial charge in [0, 0.05) is 24.5 Å². The fourth-order valence-corrected chi connectivity index (χ4v) is 4.67. The first-order chi connectivity index (χ1) is 17.3. The number of aliphatic hydroxyl groups is 1. The molecule has 0 radical (unpaired) electrons. The molecule has 0 bridgehead atoms. The van der Waals surface area contributed by atoms with Crippen molar-refractivity contribution < 1.29 is 24.5 Å². The number of ketones is 1. The monoisotopic (exact) mass is 486 g/mol. The van der Waals surface area contributed by atoms with Gasteiger partial charge in [0.15, 0.2) is 0 Å². The molecular formula is C29H30N2O5. The number of carbonyl (C=O) groups is 2. The minimum absolute atomic E-state index is 0.0110. The Morgan fingerprint density at radius 3 is 2.31 bits per heavy atom. The lowest BCUT2D eigenvalue weighted by molar-refractivity contribution is -0.132. The van der Waals surface area contributed by atoms with Crippen LogP contribution < -0.4 is 14.5 Å². The highest BCUT2D eigenvalue weighted by Gasteiger charge is 2.47. The van der Waals surface area contributed by atoms with Crippen molar-refractivity contribution in [3.63, 3.8) is 0 Å². The Balaban J connectivity index is 1.92. The number of ether oxygens (including phenoxy) is 1. The fraction of sp³-hybridized carbons (Fsp3) is 0.241. The number of hydrogen-bond acceptors (Lipinski definition) is 6. The lowest BCUT2D eigenvalue weighted by atomic mass is 9.94. The molecule has 0 aromatic heterocycles. The van der Waals surface area contributed by atoms with Crippen molar-refractivity contribution in [3.05, 3.63) is 89.0 Å². The van der Waals surface area contributed by atoms with Crippen LogP contribution >= 0.6 is 0 Å². The number of phenolic OH excluding ortho intramolecular Hbond substituents is 1. The molecule has 1 amide bonds. The van der Waals surface area contributed by atoms with Gasteiger partial charge in [0.05, 0.1) is 24.3 Å². The van der Waals surface area contributed by atoms with Gasteiger partial charge in [-0.15, -0.1) is 0 Å². The normalized spacial score (nSPS) is 16.9. The van der Waals surface area contributed by atoms with Gasteiger partial charge >= 0.3 is 0 Å². The van der Waals surface area contributed by atoms with E-state index in [0.717, 1.165) is 24.3 Å². The van der Waals surface area contributed by atoms with Crippen LogP contribution in [0, 0.1) is 6.92 Å². The summed E-state index contributed by atoms with van der Waals surface area (Å²) in [5.41, 5.74) is 3.11. The van der Waals surface area contributed by atoms with Crippen LogP contribution in [-0.4, -0.2) is 42.1 Å². The van der Waals surface area contributed by atoms with Crippen molar-refractivity contribution in [3.8, 4) is 11.5 Å². The number of anilines is 2. The number of carbonyl (C=O) groups excluding carboxylic acids is 2. The van der Waals surface area contributed by atoms with E-state index in [1.165, 1.54) is 24.1 Å². The van der Waals surface area contributed by atoms with Crippen molar-refractivity contribution in [1.29, 1.82) is 0 Å². The number of aromatic hydroxyl groups is 1. The van der Waals surface area contributed by atoms with Crippen LogP contribution in [0.25, 0.3) is 5.76 Å². The summed E-state index contributed by atoms with van der Waals surface area (Å²) in [5, 5.41) is 21.6. The molecule has 0 aliphatic carbocycles. The average Bonchev–Trinajstić information content (AvgIpc) is 3.15. The van der Waals surface area contributed by atoms with Crippen LogP contribution in [0.15, 0.2) is 72.3 Å². The number of methoxy groups -OCH3 is 1. The predicted molar refractivity (Wildman–Crippen MR) is 141 cm³/mol. The van der Waals surface area contributed by atoms with Crippen LogP contribution in [0.2, 0.25) is 0 Å². The van der Waals surface area contributed by atoms with Gasteiger partial charge < -0.3 is 19.8 Å². The SMILES string of the molecule is CCN(CC)c1ccc(N2C(=O)C(=O)/C(=C(/O)c3cc(C)ccc3OC)C2c2cccc(O)c2)cc1. The van der Waals surface area contributed by atoms with E-state index in [2.05, 4.69) is 18.7 Å².